The van der Waals surface area contributed by atoms with Crippen LogP contribution in [0.1, 0.15) is 24.8 Å². The molecule has 2 amide bonds. The van der Waals surface area contributed by atoms with Gasteiger partial charge in [0.05, 0.1) is 21.8 Å². The van der Waals surface area contributed by atoms with Gasteiger partial charge in [-0.1, -0.05) is 12.1 Å². The molecule has 2 atom stereocenters. The van der Waals surface area contributed by atoms with Gasteiger partial charge >= 0.3 is 6.09 Å². The summed E-state index contributed by atoms with van der Waals surface area (Å²) >= 11 is 1.67. The number of aryl methyl sites for hydroxylation is 1. The van der Waals surface area contributed by atoms with E-state index in [-0.39, 0.29) is 17.9 Å². The zero-order chi connectivity index (χ0) is 17.4. The molecular formula is C18H21N3O3S. The minimum absolute atomic E-state index is 0.0411. The Bertz CT molecular complexity index is 806. The number of carbonyl (C=O) groups is 2. The third-order valence-electron chi connectivity index (χ3n) is 5.38. The van der Waals surface area contributed by atoms with Crippen LogP contribution >= 0.6 is 11.3 Å². The van der Waals surface area contributed by atoms with E-state index in [1.54, 1.807) is 11.3 Å². The fourth-order valence-electron chi connectivity index (χ4n) is 4.11. The van der Waals surface area contributed by atoms with Gasteiger partial charge in [0.25, 0.3) is 0 Å². The number of thiazole rings is 1. The monoisotopic (exact) mass is 359 g/mol. The van der Waals surface area contributed by atoms with Gasteiger partial charge in [0.1, 0.15) is 0 Å². The molecule has 0 aliphatic carbocycles. The van der Waals surface area contributed by atoms with Crippen molar-refractivity contribution in [2.24, 2.45) is 5.92 Å². The molecule has 1 aromatic heterocycles. The van der Waals surface area contributed by atoms with Crippen molar-refractivity contribution < 1.29 is 14.7 Å². The summed E-state index contributed by atoms with van der Waals surface area (Å²) in [7, 11) is 0. The van der Waals surface area contributed by atoms with Gasteiger partial charge in [0.2, 0.25) is 5.91 Å². The van der Waals surface area contributed by atoms with Gasteiger partial charge < -0.3 is 14.9 Å². The summed E-state index contributed by atoms with van der Waals surface area (Å²) in [5.74, 6) is 0.255. The second-order valence-electron chi connectivity index (χ2n) is 6.86. The van der Waals surface area contributed by atoms with E-state index in [0.29, 0.717) is 19.6 Å². The molecule has 2 aliphatic heterocycles. The summed E-state index contributed by atoms with van der Waals surface area (Å²) in [6.07, 6.45) is 2.70. The van der Waals surface area contributed by atoms with E-state index in [2.05, 4.69) is 11.1 Å². The number of piperazine rings is 1. The Morgan fingerprint density at radius 2 is 2.24 bits per heavy atom. The molecule has 7 heteroatoms. The maximum atomic E-state index is 12.6. The van der Waals surface area contributed by atoms with E-state index >= 15 is 0 Å². The highest BCUT2D eigenvalue weighted by molar-refractivity contribution is 7.16. The average Bonchev–Trinajstić information content (AvgIpc) is 3.20. The number of hydrogen-bond acceptors (Lipinski definition) is 4. The molecular weight excluding hydrogens is 338 g/mol. The van der Waals surface area contributed by atoms with Crippen LogP contribution in [0.3, 0.4) is 0 Å². The Labute approximate surface area is 150 Å². The molecule has 0 radical (unpaired) electrons. The van der Waals surface area contributed by atoms with Crippen LogP contribution in [0, 0.1) is 5.92 Å². The Hall–Kier alpha value is -2.15. The first-order valence-electron chi connectivity index (χ1n) is 8.73. The van der Waals surface area contributed by atoms with Crippen molar-refractivity contribution in [2.45, 2.75) is 31.7 Å². The summed E-state index contributed by atoms with van der Waals surface area (Å²) in [6.45, 7) is 1.42. The van der Waals surface area contributed by atoms with E-state index in [4.69, 9.17) is 5.11 Å². The summed E-state index contributed by atoms with van der Waals surface area (Å²) < 4.78 is 1.25. The first kappa shape index (κ1) is 16.3. The van der Waals surface area contributed by atoms with Crippen LogP contribution in [0.4, 0.5) is 4.79 Å². The van der Waals surface area contributed by atoms with Gasteiger partial charge in [-0.3, -0.25) is 4.79 Å². The maximum absolute atomic E-state index is 12.6. The van der Waals surface area contributed by atoms with Crippen LogP contribution in [0.25, 0.3) is 10.2 Å². The molecule has 2 aromatic rings. The SMILES string of the molecule is O=C(O)N1CCN2C(=O)[C@H](CCCc3cccc4ncsc34)C[C@H]2C1. The van der Waals surface area contributed by atoms with Crippen molar-refractivity contribution in [2.75, 3.05) is 19.6 Å². The molecule has 2 fully saturated rings. The zero-order valence-corrected chi connectivity index (χ0v) is 14.7. The molecule has 1 aromatic carbocycles. The molecule has 25 heavy (non-hydrogen) atoms. The van der Waals surface area contributed by atoms with Crippen LogP contribution in [0.5, 0.6) is 0 Å². The number of fused-ring (bicyclic) bond motifs is 2. The lowest BCUT2D eigenvalue weighted by atomic mass is 9.96. The topological polar surface area (TPSA) is 73.7 Å². The first-order chi connectivity index (χ1) is 12.1. The Balaban J connectivity index is 1.35. The molecule has 2 aliphatic rings. The van der Waals surface area contributed by atoms with Gasteiger partial charge in [0.15, 0.2) is 0 Å². The predicted molar refractivity (Wildman–Crippen MR) is 95.8 cm³/mol. The molecule has 6 nitrogen and oxygen atoms in total. The minimum atomic E-state index is -0.881. The number of nitrogens with zero attached hydrogens (tertiary/aromatic N) is 3. The molecule has 0 spiro atoms. The Kier molecular flexibility index (Phi) is 4.33. The molecule has 1 N–H and O–H groups in total. The van der Waals surface area contributed by atoms with Crippen LogP contribution < -0.4 is 0 Å². The lowest BCUT2D eigenvalue weighted by molar-refractivity contribution is -0.133. The maximum Gasteiger partial charge on any atom is 0.407 e. The highest BCUT2D eigenvalue weighted by Gasteiger charge is 2.42. The Morgan fingerprint density at radius 3 is 3.08 bits per heavy atom. The van der Waals surface area contributed by atoms with E-state index in [1.165, 1.54) is 15.2 Å². The number of rotatable bonds is 4. The van der Waals surface area contributed by atoms with E-state index < -0.39 is 6.09 Å². The summed E-state index contributed by atoms with van der Waals surface area (Å²) in [6, 6.07) is 6.28. The van der Waals surface area contributed by atoms with Crippen LogP contribution in [-0.4, -0.2) is 57.6 Å². The average molecular weight is 359 g/mol. The highest BCUT2D eigenvalue weighted by Crippen LogP contribution is 2.32. The zero-order valence-electron chi connectivity index (χ0n) is 13.9. The smallest absolute Gasteiger partial charge is 0.407 e. The third kappa shape index (κ3) is 3.08. The van der Waals surface area contributed by atoms with E-state index in [0.717, 1.165) is 31.2 Å². The van der Waals surface area contributed by atoms with Crippen molar-refractivity contribution in [1.29, 1.82) is 0 Å². The highest BCUT2D eigenvalue weighted by atomic mass is 32.1. The number of benzene rings is 1. The van der Waals surface area contributed by atoms with Crippen LogP contribution in [0.2, 0.25) is 0 Å². The van der Waals surface area contributed by atoms with Gasteiger partial charge in [-0.25, -0.2) is 9.78 Å². The fourth-order valence-corrected chi connectivity index (χ4v) is 4.94. The largest absolute Gasteiger partial charge is 0.465 e. The van der Waals surface area contributed by atoms with Crippen molar-refractivity contribution in [3.05, 3.63) is 29.3 Å². The second-order valence-corrected chi connectivity index (χ2v) is 7.71. The van der Waals surface area contributed by atoms with Crippen molar-refractivity contribution in [3.8, 4) is 0 Å². The van der Waals surface area contributed by atoms with E-state index in [9.17, 15) is 9.59 Å². The van der Waals surface area contributed by atoms with Gasteiger partial charge in [-0.15, -0.1) is 11.3 Å². The van der Waals surface area contributed by atoms with E-state index in [1.807, 2.05) is 22.5 Å². The van der Waals surface area contributed by atoms with Gasteiger partial charge in [0, 0.05) is 25.6 Å². The standard InChI is InChI=1S/C18H21N3O3S/c22-17-13(9-14-10-20(18(23)24)7-8-21(14)17)5-1-3-12-4-2-6-15-16(12)25-11-19-15/h2,4,6,11,13-14H,1,3,5,7-10H2,(H,23,24)/t13-,14+/m1/s1. The summed E-state index contributed by atoms with van der Waals surface area (Å²) in [4.78, 5) is 31.4. The Morgan fingerprint density at radius 1 is 1.36 bits per heavy atom. The van der Waals surface area contributed by atoms with Crippen LogP contribution in [-0.2, 0) is 11.2 Å². The second kappa shape index (κ2) is 6.63. The number of hydrogen-bond donors (Lipinski definition) is 1. The van der Waals surface area contributed by atoms with Gasteiger partial charge in [-0.2, -0.15) is 0 Å². The predicted octanol–water partition coefficient (Wildman–Crippen LogP) is 2.83. The molecule has 0 bridgehead atoms. The number of carboxylic acid groups (broad SMARTS) is 1. The van der Waals surface area contributed by atoms with Crippen molar-refractivity contribution in [3.63, 3.8) is 0 Å². The van der Waals surface area contributed by atoms with Crippen molar-refractivity contribution in [1.82, 2.24) is 14.8 Å². The summed E-state index contributed by atoms with van der Waals surface area (Å²) in [5.41, 5.74) is 4.23. The lowest BCUT2D eigenvalue weighted by Crippen LogP contribution is -2.52. The molecule has 0 saturated carbocycles. The fraction of sp³-hybridized carbons (Fsp3) is 0.500. The number of aromatic nitrogens is 1. The molecule has 4 rings (SSSR count). The summed E-state index contributed by atoms with van der Waals surface area (Å²) in [5, 5.41) is 9.14. The molecule has 2 saturated heterocycles. The normalized spacial score (nSPS) is 23.3. The van der Waals surface area contributed by atoms with Gasteiger partial charge in [-0.05, 0) is 37.3 Å². The molecule has 3 heterocycles. The van der Waals surface area contributed by atoms with Crippen molar-refractivity contribution >= 4 is 33.6 Å². The molecule has 132 valence electrons. The lowest BCUT2D eigenvalue weighted by Gasteiger charge is -2.35. The van der Waals surface area contributed by atoms with Crippen LogP contribution in [0.15, 0.2) is 23.7 Å². The minimum Gasteiger partial charge on any atom is -0.465 e. The third-order valence-corrected chi connectivity index (χ3v) is 6.30. The number of carbonyl (C=O) groups excluding carboxylic acids is 1. The first-order valence-corrected chi connectivity index (χ1v) is 9.61. The quantitative estimate of drug-likeness (QED) is 0.911. The molecule has 0 unspecified atom stereocenters. The number of amides is 2.